The van der Waals surface area contributed by atoms with Crippen LogP contribution in [0, 0.1) is 12.8 Å². The molecule has 6 nitrogen and oxygen atoms in total. The molecular weight excluding hydrogens is 280 g/mol. The summed E-state index contributed by atoms with van der Waals surface area (Å²) in [6.45, 7) is 13.1. The number of carbonyl (C=O) groups excluding carboxylic acids is 1. The summed E-state index contributed by atoms with van der Waals surface area (Å²) in [5.74, 6) is 0.540. The van der Waals surface area contributed by atoms with Gasteiger partial charge in [0.05, 0.1) is 12.0 Å². The van der Waals surface area contributed by atoms with Gasteiger partial charge in [0.25, 0.3) is 0 Å². The Bertz CT molecular complexity index is 463. The normalized spacial score (nSPS) is 13.2. The van der Waals surface area contributed by atoms with Crippen LogP contribution in [0.4, 0.5) is 4.79 Å². The topological polar surface area (TPSA) is 79.0 Å². The SMILES string of the molecule is Cc1[nH]cnc1CNC(CNC(=O)OC(C)(C)C)CC(C)C. The Labute approximate surface area is 133 Å². The van der Waals surface area contributed by atoms with Crippen LogP contribution in [0.25, 0.3) is 0 Å². The fourth-order valence-electron chi connectivity index (χ4n) is 2.13. The molecule has 22 heavy (non-hydrogen) atoms. The third kappa shape index (κ3) is 7.45. The zero-order valence-corrected chi connectivity index (χ0v) is 14.6. The van der Waals surface area contributed by atoms with Gasteiger partial charge < -0.3 is 20.4 Å². The molecule has 0 spiro atoms. The van der Waals surface area contributed by atoms with Crippen LogP contribution in [0.1, 0.15) is 52.4 Å². The van der Waals surface area contributed by atoms with Crippen LogP contribution in [0.2, 0.25) is 0 Å². The third-order valence-corrected chi connectivity index (χ3v) is 3.14. The molecule has 126 valence electrons. The van der Waals surface area contributed by atoms with E-state index < -0.39 is 5.60 Å². The first-order valence-electron chi connectivity index (χ1n) is 7.86. The van der Waals surface area contributed by atoms with Gasteiger partial charge in [0.1, 0.15) is 5.60 Å². The standard InChI is InChI=1S/C16H30N4O2/c1-11(2)7-13(8-18-15(21)22-16(4,5)6)17-9-14-12(3)19-10-20-14/h10-11,13,17H,7-9H2,1-6H3,(H,18,21)(H,19,20). The van der Waals surface area contributed by atoms with E-state index in [9.17, 15) is 4.79 Å². The zero-order valence-electron chi connectivity index (χ0n) is 14.6. The van der Waals surface area contributed by atoms with Crippen LogP contribution in [-0.2, 0) is 11.3 Å². The van der Waals surface area contributed by atoms with E-state index in [1.165, 1.54) is 0 Å². The second kappa shape index (κ2) is 8.17. The van der Waals surface area contributed by atoms with Crippen LogP contribution in [0.3, 0.4) is 0 Å². The molecule has 0 aliphatic carbocycles. The largest absolute Gasteiger partial charge is 0.444 e. The van der Waals surface area contributed by atoms with Crippen molar-refractivity contribution in [2.75, 3.05) is 6.54 Å². The number of hydrogen-bond donors (Lipinski definition) is 3. The lowest BCUT2D eigenvalue weighted by Gasteiger charge is -2.23. The highest BCUT2D eigenvalue weighted by molar-refractivity contribution is 5.67. The van der Waals surface area contributed by atoms with Crippen molar-refractivity contribution in [2.24, 2.45) is 5.92 Å². The summed E-state index contributed by atoms with van der Waals surface area (Å²) >= 11 is 0. The van der Waals surface area contributed by atoms with Gasteiger partial charge in [0.2, 0.25) is 0 Å². The molecule has 0 fully saturated rings. The Morgan fingerprint density at radius 1 is 1.41 bits per heavy atom. The van der Waals surface area contributed by atoms with E-state index >= 15 is 0 Å². The summed E-state index contributed by atoms with van der Waals surface area (Å²) in [6, 6.07) is 0.184. The van der Waals surface area contributed by atoms with Crippen molar-refractivity contribution in [3.63, 3.8) is 0 Å². The van der Waals surface area contributed by atoms with Crippen LogP contribution in [-0.4, -0.2) is 34.2 Å². The number of imidazole rings is 1. The van der Waals surface area contributed by atoms with Crippen molar-refractivity contribution in [1.29, 1.82) is 0 Å². The van der Waals surface area contributed by atoms with Crippen LogP contribution < -0.4 is 10.6 Å². The van der Waals surface area contributed by atoms with Crippen molar-refractivity contribution in [3.8, 4) is 0 Å². The number of aromatic amines is 1. The Morgan fingerprint density at radius 2 is 2.09 bits per heavy atom. The maximum absolute atomic E-state index is 11.8. The molecule has 0 aliphatic heterocycles. The van der Waals surface area contributed by atoms with E-state index in [4.69, 9.17) is 4.74 Å². The van der Waals surface area contributed by atoms with Crippen molar-refractivity contribution in [1.82, 2.24) is 20.6 Å². The number of rotatable bonds is 7. The van der Waals surface area contributed by atoms with Crippen LogP contribution in [0.5, 0.6) is 0 Å². The molecule has 1 unspecified atom stereocenters. The van der Waals surface area contributed by atoms with Gasteiger partial charge in [-0.3, -0.25) is 0 Å². The van der Waals surface area contributed by atoms with Gasteiger partial charge >= 0.3 is 6.09 Å². The molecule has 0 saturated carbocycles. The number of ether oxygens (including phenoxy) is 1. The molecule has 0 aromatic carbocycles. The second-order valence-corrected chi connectivity index (χ2v) is 7.06. The van der Waals surface area contributed by atoms with E-state index in [0.29, 0.717) is 19.0 Å². The quantitative estimate of drug-likeness (QED) is 0.723. The fourth-order valence-corrected chi connectivity index (χ4v) is 2.13. The highest BCUT2D eigenvalue weighted by Gasteiger charge is 2.18. The van der Waals surface area contributed by atoms with Crippen molar-refractivity contribution in [2.45, 2.75) is 66.2 Å². The van der Waals surface area contributed by atoms with Gasteiger partial charge in [0.15, 0.2) is 0 Å². The molecule has 3 N–H and O–H groups in total. The minimum absolute atomic E-state index is 0.184. The molecule has 1 aromatic heterocycles. The predicted molar refractivity (Wildman–Crippen MR) is 87.6 cm³/mol. The Kier molecular flexibility index (Phi) is 6.87. The molecule has 0 radical (unpaired) electrons. The minimum atomic E-state index is -0.475. The summed E-state index contributed by atoms with van der Waals surface area (Å²) < 4.78 is 5.27. The molecule has 0 saturated heterocycles. The lowest BCUT2D eigenvalue weighted by molar-refractivity contribution is 0.0520. The number of alkyl carbamates (subject to hydrolysis) is 1. The average Bonchev–Trinajstić information content (AvgIpc) is 2.75. The maximum atomic E-state index is 11.8. The van der Waals surface area contributed by atoms with E-state index in [1.807, 2.05) is 27.7 Å². The average molecular weight is 310 g/mol. The number of H-pyrrole nitrogens is 1. The molecule has 1 amide bonds. The number of hydrogen-bond acceptors (Lipinski definition) is 4. The number of nitrogens with zero attached hydrogens (tertiary/aromatic N) is 1. The van der Waals surface area contributed by atoms with Gasteiger partial charge in [-0.2, -0.15) is 0 Å². The summed E-state index contributed by atoms with van der Waals surface area (Å²) in [7, 11) is 0. The van der Waals surface area contributed by atoms with Crippen molar-refractivity contribution in [3.05, 3.63) is 17.7 Å². The van der Waals surface area contributed by atoms with Crippen molar-refractivity contribution < 1.29 is 9.53 Å². The van der Waals surface area contributed by atoms with Crippen LogP contribution in [0.15, 0.2) is 6.33 Å². The second-order valence-electron chi connectivity index (χ2n) is 7.06. The molecular formula is C16H30N4O2. The van der Waals surface area contributed by atoms with Gasteiger partial charge in [-0.25, -0.2) is 9.78 Å². The highest BCUT2D eigenvalue weighted by atomic mass is 16.6. The fraction of sp³-hybridized carbons (Fsp3) is 0.750. The third-order valence-electron chi connectivity index (χ3n) is 3.14. The summed E-state index contributed by atoms with van der Waals surface area (Å²) in [5, 5.41) is 6.30. The highest BCUT2D eigenvalue weighted by Crippen LogP contribution is 2.08. The monoisotopic (exact) mass is 310 g/mol. The summed E-state index contributed by atoms with van der Waals surface area (Å²) in [6.07, 6.45) is 2.29. The Morgan fingerprint density at radius 3 is 2.59 bits per heavy atom. The van der Waals surface area contributed by atoms with E-state index in [1.54, 1.807) is 6.33 Å². The van der Waals surface area contributed by atoms with Gasteiger partial charge in [0, 0.05) is 24.8 Å². The van der Waals surface area contributed by atoms with E-state index in [0.717, 1.165) is 17.8 Å². The van der Waals surface area contributed by atoms with Crippen LogP contribution >= 0.6 is 0 Å². The molecule has 0 aliphatic rings. The van der Waals surface area contributed by atoms with E-state index in [2.05, 4.69) is 34.4 Å². The van der Waals surface area contributed by atoms with Gasteiger partial charge in [-0.1, -0.05) is 13.8 Å². The summed E-state index contributed by atoms with van der Waals surface area (Å²) in [4.78, 5) is 19.1. The summed E-state index contributed by atoms with van der Waals surface area (Å²) in [5.41, 5.74) is 1.60. The molecule has 0 bridgehead atoms. The number of nitrogens with one attached hydrogen (secondary N) is 3. The zero-order chi connectivity index (χ0) is 16.8. The van der Waals surface area contributed by atoms with Gasteiger partial charge in [-0.15, -0.1) is 0 Å². The van der Waals surface area contributed by atoms with Gasteiger partial charge in [-0.05, 0) is 40.0 Å². The first-order chi connectivity index (χ1) is 10.2. The lowest BCUT2D eigenvalue weighted by atomic mass is 10.0. The minimum Gasteiger partial charge on any atom is -0.444 e. The Balaban J connectivity index is 2.47. The Hall–Kier alpha value is -1.56. The lowest BCUT2D eigenvalue weighted by Crippen LogP contribution is -2.43. The van der Waals surface area contributed by atoms with Crippen molar-refractivity contribution >= 4 is 6.09 Å². The molecule has 6 heteroatoms. The molecule has 1 atom stereocenters. The van der Waals surface area contributed by atoms with E-state index in [-0.39, 0.29) is 12.1 Å². The first kappa shape index (κ1) is 18.5. The molecule has 1 aromatic rings. The maximum Gasteiger partial charge on any atom is 0.407 e. The smallest absolute Gasteiger partial charge is 0.407 e. The predicted octanol–water partition coefficient (Wildman–Crippen LogP) is 2.75. The molecule has 1 heterocycles. The number of aryl methyl sites for hydroxylation is 1. The number of aromatic nitrogens is 2. The first-order valence-corrected chi connectivity index (χ1v) is 7.86. The molecule has 1 rings (SSSR count). The number of amides is 1. The number of carbonyl (C=O) groups is 1.